The van der Waals surface area contributed by atoms with Crippen molar-refractivity contribution < 1.29 is 107 Å². The van der Waals surface area contributed by atoms with Gasteiger partial charge in [-0.05, 0) is 196 Å². The van der Waals surface area contributed by atoms with Crippen LogP contribution >= 0.6 is 43.2 Å². The molecule has 2 aromatic carbocycles. The highest BCUT2D eigenvalue weighted by Crippen LogP contribution is 2.64. The fraction of sp³-hybridized carbons (Fsp3) is 0.824. The van der Waals surface area contributed by atoms with Gasteiger partial charge in [-0.3, -0.25) is 0 Å². The molecule has 6 nitrogen and oxygen atoms in total. The Bertz CT molecular complexity index is 2460. The van der Waals surface area contributed by atoms with Crippen LogP contribution in [0, 0.1) is 34.5 Å². The summed E-state index contributed by atoms with van der Waals surface area (Å²) in [6.45, 7) is 1.94. The Hall–Kier alpha value is -1.98. The minimum atomic E-state index is -6.76. The summed E-state index contributed by atoms with van der Waals surface area (Å²) in [4.78, 5) is 0. The van der Waals surface area contributed by atoms with Crippen molar-refractivity contribution in [1.29, 1.82) is 0 Å². The zero-order valence-corrected chi connectivity index (χ0v) is 57.7. The van der Waals surface area contributed by atoms with E-state index in [0.717, 1.165) is 98.7 Å². The van der Waals surface area contributed by atoms with E-state index < -0.39 is 74.3 Å². The number of halogens is 18. The highest BCUT2D eigenvalue weighted by Gasteiger charge is 2.86. The van der Waals surface area contributed by atoms with Crippen LogP contribution in [0.3, 0.4) is 0 Å². The van der Waals surface area contributed by atoms with Crippen molar-refractivity contribution in [1.82, 2.24) is 0 Å². The maximum Gasteiger partial charge on any atom is 0.435 e. The standard InChI is InChI=1S/C68H92F18O6S4/c1-59-31-29-51-49-23-19-47(43-45(49)17-21-53(51)55(59)25-27-57(59)89-33-15-35-91-61(63(69,70)71,64(72,73)74)65(75,76)77)87-37-41-95-93-39-13-11-9-7-5-3-4-6-8-10-12-14-40-94-96-42-38-88-48-20-24-50-46(44-48)18-22-54-52(50)30-32-60(2)56(54)26-28-58(60)90-34-16-36-92-62(66(78,79)80,67(81,82)83)68(84,85)86/h19-20,23-24,43-44,51-58H,3-18,21-22,25-42H2,1-2H3. The van der Waals surface area contributed by atoms with E-state index in [1.165, 1.54) is 99.3 Å². The third-order valence-electron chi connectivity index (χ3n) is 21.7. The third kappa shape index (κ3) is 18.5. The number of rotatable bonds is 37. The summed E-state index contributed by atoms with van der Waals surface area (Å²) in [7, 11) is 7.47. The molecule has 4 fully saturated rings. The first-order valence-electron chi connectivity index (χ1n) is 34.1. The van der Waals surface area contributed by atoms with Crippen LogP contribution in [0.5, 0.6) is 11.5 Å². The lowest BCUT2D eigenvalue weighted by molar-refractivity contribution is -0.458. The normalized spacial score (nSPS) is 26.4. The predicted octanol–water partition coefficient (Wildman–Crippen LogP) is 22.7. The predicted molar refractivity (Wildman–Crippen MR) is 341 cm³/mol. The molecule has 0 amide bonds. The van der Waals surface area contributed by atoms with Crippen molar-refractivity contribution in [3.63, 3.8) is 0 Å². The number of aryl methyl sites for hydroxylation is 2. The van der Waals surface area contributed by atoms with Gasteiger partial charge in [-0.25, -0.2) is 0 Å². The molecule has 10 unspecified atom stereocenters. The summed E-state index contributed by atoms with van der Waals surface area (Å²) >= 11 is 0. The maximum atomic E-state index is 13.3. The largest absolute Gasteiger partial charge is 0.493 e. The van der Waals surface area contributed by atoms with Crippen LogP contribution in [0.15, 0.2) is 36.4 Å². The quantitative estimate of drug-likeness (QED) is 0.0371. The Labute approximate surface area is 568 Å². The molecule has 28 heteroatoms. The second-order valence-electron chi connectivity index (χ2n) is 27.5. The van der Waals surface area contributed by atoms with E-state index in [0.29, 0.717) is 61.6 Å². The molecule has 10 atom stereocenters. The second kappa shape index (κ2) is 34.1. The van der Waals surface area contributed by atoms with Gasteiger partial charge in [-0.1, -0.05) is 133 Å². The topological polar surface area (TPSA) is 55.4 Å². The van der Waals surface area contributed by atoms with Crippen molar-refractivity contribution in [3.8, 4) is 11.5 Å². The summed E-state index contributed by atoms with van der Waals surface area (Å²) in [5.41, 5.74) is -7.89. The summed E-state index contributed by atoms with van der Waals surface area (Å²) in [6, 6.07) is 12.8. The van der Waals surface area contributed by atoms with Gasteiger partial charge in [0.05, 0.1) is 38.6 Å². The van der Waals surface area contributed by atoms with Gasteiger partial charge in [0.2, 0.25) is 0 Å². The minimum absolute atomic E-state index is 0.273. The fourth-order valence-corrected chi connectivity index (χ4v) is 20.9. The highest BCUT2D eigenvalue weighted by atomic mass is 33.1. The van der Waals surface area contributed by atoms with Crippen molar-refractivity contribution in [2.75, 3.05) is 62.7 Å². The lowest BCUT2D eigenvalue weighted by Crippen LogP contribution is -2.67. The molecule has 96 heavy (non-hydrogen) atoms. The highest BCUT2D eigenvalue weighted by molar-refractivity contribution is 8.77. The van der Waals surface area contributed by atoms with Crippen molar-refractivity contribution in [3.05, 3.63) is 58.7 Å². The summed E-state index contributed by atoms with van der Waals surface area (Å²) < 4.78 is 270. The van der Waals surface area contributed by atoms with E-state index in [-0.39, 0.29) is 36.3 Å². The van der Waals surface area contributed by atoms with E-state index in [4.69, 9.17) is 18.9 Å². The molecule has 6 aliphatic rings. The molecule has 0 heterocycles. The van der Waals surface area contributed by atoms with Crippen LogP contribution in [0.2, 0.25) is 0 Å². The zero-order valence-electron chi connectivity index (χ0n) is 54.4. The van der Waals surface area contributed by atoms with E-state index in [9.17, 15) is 79.0 Å². The SMILES string of the molecule is CC12CCC3c4ccc(OCCSSCCCCCCCCCCCCCCSSCCOc5ccc6c(c5)CCC5C6CCC6(C)C(OCCCOC(C(F)(F)F)(C(F)(F)F)C(F)(F)F)CCC56)cc4CCC3C1CCC2OCCCOC(C(F)(F)F)(C(F)(F)F)C(F)(F)F. The first-order valence-corrected chi connectivity index (χ1v) is 39.1. The van der Waals surface area contributed by atoms with Gasteiger partial charge in [0, 0.05) is 36.2 Å². The number of benzene rings is 2. The molecule has 0 N–H and O–H groups in total. The number of hydrogen-bond acceptors (Lipinski definition) is 10. The van der Waals surface area contributed by atoms with Gasteiger partial charge in [-0.15, -0.1) is 0 Å². The summed E-state index contributed by atoms with van der Waals surface area (Å²) in [5, 5.41) is 0. The average Bonchev–Trinajstić information content (AvgIpc) is 0.899. The lowest BCUT2D eigenvalue weighted by Gasteiger charge is -2.50. The van der Waals surface area contributed by atoms with Crippen LogP contribution in [-0.2, 0) is 31.8 Å². The molecule has 0 radical (unpaired) electrons. The molecular weight excluding hydrogens is 1380 g/mol. The molecule has 4 saturated carbocycles. The van der Waals surface area contributed by atoms with Gasteiger partial charge in [-0.2, -0.15) is 79.0 Å². The monoisotopic (exact) mass is 1470 g/mol. The van der Waals surface area contributed by atoms with Gasteiger partial charge >= 0.3 is 48.3 Å². The fourth-order valence-electron chi connectivity index (χ4n) is 16.9. The zero-order chi connectivity index (χ0) is 69.9. The molecule has 2 aromatic rings. The Balaban J connectivity index is 0.580. The van der Waals surface area contributed by atoms with E-state index in [2.05, 4.69) is 47.6 Å². The first-order chi connectivity index (χ1) is 45.2. The maximum absolute atomic E-state index is 13.3. The number of alkyl halides is 18. The molecule has 6 aliphatic carbocycles. The van der Waals surface area contributed by atoms with E-state index >= 15 is 0 Å². The molecule has 0 aliphatic heterocycles. The van der Waals surface area contributed by atoms with Gasteiger partial charge in [0.25, 0.3) is 0 Å². The molecule has 0 aromatic heterocycles. The van der Waals surface area contributed by atoms with Crippen molar-refractivity contribution >= 4 is 43.2 Å². The summed E-state index contributed by atoms with van der Waals surface area (Å²) in [5.74, 6) is 7.74. The number of fused-ring (bicyclic) bond motifs is 10. The molecule has 0 bridgehead atoms. The van der Waals surface area contributed by atoms with Crippen molar-refractivity contribution in [2.24, 2.45) is 34.5 Å². The van der Waals surface area contributed by atoms with Crippen LogP contribution < -0.4 is 9.47 Å². The van der Waals surface area contributed by atoms with Crippen LogP contribution in [0.25, 0.3) is 0 Å². The van der Waals surface area contributed by atoms with Crippen LogP contribution in [-0.4, -0.2) is 123 Å². The Morgan fingerprint density at radius 2 is 0.688 bits per heavy atom. The number of unbranched alkanes of at least 4 members (excludes halogenated alkanes) is 11. The first kappa shape index (κ1) is 79.7. The van der Waals surface area contributed by atoms with Crippen molar-refractivity contribution in [2.45, 2.75) is 253 Å². The molecule has 0 saturated heterocycles. The van der Waals surface area contributed by atoms with Crippen LogP contribution in [0.1, 0.15) is 202 Å². The van der Waals surface area contributed by atoms with Gasteiger partial charge in [0.15, 0.2) is 0 Å². The molecule has 550 valence electrons. The average molecular weight is 1480 g/mol. The molecule has 0 spiro atoms. The van der Waals surface area contributed by atoms with E-state index in [1.54, 1.807) is 0 Å². The van der Waals surface area contributed by atoms with Crippen LogP contribution in [0.4, 0.5) is 79.0 Å². The van der Waals surface area contributed by atoms with E-state index in [1.807, 2.05) is 55.3 Å². The Kier molecular flexibility index (Phi) is 28.3. The smallest absolute Gasteiger partial charge is 0.435 e. The molecular formula is C68H92F18O6S4. The summed E-state index contributed by atoms with van der Waals surface area (Å²) in [6.07, 6.45) is -17.0. The minimum Gasteiger partial charge on any atom is -0.493 e. The Morgan fingerprint density at radius 3 is 1.02 bits per heavy atom. The number of ether oxygens (including phenoxy) is 6. The van der Waals surface area contributed by atoms with Gasteiger partial charge < -0.3 is 28.4 Å². The van der Waals surface area contributed by atoms with Gasteiger partial charge in [0.1, 0.15) is 11.5 Å². The second-order valence-corrected chi connectivity index (χ2v) is 32.9. The third-order valence-corrected chi connectivity index (χ3v) is 26.6. The Morgan fingerprint density at radius 1 is 0.365 bits per heavy atom. The lowest BCUT2D eigenvalue weighted by atomic mass is 9.55. The number of hydrogen-bond donors (Lipinski definition) is 0. The molecule has 8 rings (SSSR count).